The van der Waals surface area contributed by atoms with Crippen LogP contribution in [-0.4, -0.2) is 58.9 Å². The molecule has 8 nitrogen and oxygen atoms in total. The van der Waals surface area contributed by atoms with Gasteiger partial charge in [0, 0.05) is 17.7 Å². The van der Waals surface area contributed by atoms with Gasteiger partial charge in [-0.3, -0.25) is 9.59 Å². The summed E-state index contributed by atoms with van der Waals surface area (Å²) in [6.45, 7) is 4.22. The van der Waals surface area contributed by atoms with Crippen molar-refractivity contribution in [2.75, 3.05) is 42.1 Å². The fourth-order valence-corrected chi connectivity index (χ4v) is 4.37. The van der Waals surface area contributed by atoms with Crippen LogP contribution in [0.1, 0.15) is 39.5 Å². The molecule has 1 atom stereocenters. The van der Waals surface area contributed by atoms with Gasteiger partial charge in [-0.1, -0.05) is 6.08 Å². The Labute approximate surface area is 200 Å². The number of rotatable bonds is 9. The number of amides is 1. The van der Waals surface area contributed by atoms with Gasteiger partial charge in [-0.05, 0) is 48.2 Å². The number of hydrogen-bond acceptors (Lipinski definition) is 7. The number of esters is 1. The molecule has 1 amide bonds. The average Bonchev–Trinajstić information content (AvgIpc) is 2.86. The van der Waals surface area contributed by atoms with Crippen molar-refractivity contribution in [2.45, 2.75) is 25.3 Å². The summed E-state index contributed by atoms with van der Waals surface area (Å²) in [6, 6.07) is 6.65. The first-order chi connectivity index (χ1) is 16.4. The second-order valence-corrected chi connectivity index (χ2v) is 7.81. The third kappa shape index (κ3) is 4.81. The zero-order chi connectivity index (χ0) is 24.8. The van der Waals surface area contributed by atoms with Crippen LogP contribution in [-0.2, 0) is 22.4 Å². The summed E-state index contributed by atoms with van der Waals surface area (Å²) in [6.07, 6.45) is 2.86. The first-order valence-electron chi connectivity index (χ1n) is 10.9. The summed E-state index contributed by atoms with van der Waals surface area (Å²) in [5.74, 6) is 1.52. The predicted molar refractivity (Wildman–Crippen MR) is 127 cm³/mol. The van der Waals surface area contributed by atoms with E-state index in [9.17, 15) is 9.59 Å². The topological polar surface area (TPSA) is 83.5 Å². The van der Waals surface area contributed by atoms with Crippen molar-refractivity contribution < 1.29 is 33.3 Å². The number of ether oxygens (including phenoxy) is 5. The summed E-state index contributed by atoms with van der Waals surface area (Å²) < 4.78 is 26.8. The van der Waals surface area contributed by atoms with E-state index in [1.807, 2.05) is 12.1 Å². The van der Waals surface area contributed by atoms with Crippen molar-refractivity contribution in [1.82, 2.24) is 4.90 Å². The lowest BCUT2D eigenvalue weighted by molar-refractivity contribution is -0.141. The molecular weight excluding hydrogens is 438 g/mol. The van der Waals surface area contributed by atoms with Crippen molar-refractivity contribution >= 4 is 11.9 Å². The minimum absolute atomic E-state index is 0.0114. The van der Waals surface area contributed by atoms with Gasteiger partial charge in [-0.2, -0.15) is 0 Å². The van der Waals surface area contributed by atoms with Crippen LogP contribution in [0.5, 0.6) is 23.0 Å². The Hall–Kier alpha value is -3.68. The Bertz CT molecular complexity index is 1080. The molecule has 0 aromatic heterocycles. The van der Waals surface area contributed by atoms with Gasteiger partial charge in [-0.15, -0.1) is 6.58 Å². The monoisotopic (exact) mass is 469 g/mol. The molecule has 0 spiro atoms. The van der Waals surface area contributed by atoms with Crippen molar-refractivity contribution in [3.8, 4) is 23.0 Å². The first kappa shape index (κ1) is 25.0. The number of carbonyl (C=O) groups is 2. The maximum absolute atomic E-state index is 13.8. The molecule has 0 saturated carbocycles. The molecule has 0 fully saturated rings. The number of benzene rings is 2. The molecule has 1 heterocycles. The molecule has 0 radical (unpaired) electrons. The number of nitrogens with zero attached hydrogens (tertiary/aromatic N) is 1. The summed E-state index contributed by atoms with van der Waals surface area (Å²) >= 11 is 0. The van der Waals surface area contributed by atoms with Crippen molar-refractivity contribution in [1.29, 1.82) is 0 Å². The highest BCUT2D eigenvalue weighted by atomic mass is 16.5. The van der Waals surface area contributed by atoms with Gasteiger partial charge in [0.05, 0.1) is 48.0 Å². The van der Waals surface area contributed by atoms with Crippen LogP contribution < -0.4 is 18.9 Å². The van der Waals surface area contributed by atoms with Crippen LogP contribution in [0.2, 0.25) is 0 Å². The van der Waals surface area contributed by atoms with Crippen molar-refractivity contribution in [3.05, 3.63) is 59.2 Å². The maximum atomic E-state index is 13.8. The lowest BCUT2D eigenvalue weighted by Crippen LogP contribution is -2.41. The molecular formula is C26H31NO7. The second-order valence-electron chi connectivity index (χ2n) is 7.81. The average molecular weight is 470 g/mol. The van der Waals surface area contributed by atoms with E-state index in [0.717, 1.165) is 16.7 Å². The number of carbonyl (C=O) groups excluding carboxylic acids is 2. The molecule has 3 rings (SSSR count). The van der Waals surface area contributed by atoms with Gasteiger partial charge >= 0.3 is 5.97 Å². The highest BCUT2D eigenvalue weighted by Gasteiger charge is 2.35. The molecule has 1 aliphatic rings. The molecule has 1 aliphatic heterocycles. The molecule has 1 unspecified atom stereocenters. The van der Waals surface area contributed by atoms with E-state index in [1.54, 1.807) is 44.4 Å². The molecule has 0 aliphatic carbocycles. The largest absolute Gasteiger partial charge is 0.493 e. The molecule has 0 saturated heterocycles. The second kappa shape index (κ2) is 11.0. The summed E-state index contributed by atoms with van der Waals surface area (Å²) in [4.78, 5) is 27.8. The zero-order valence-corrected chi connectivity index (χ0v) is 20.3. The third-order valence-electron chi connectivity index (χ3n) is 6.02. The van der Waals surface area contributed by atoms with Crippen LogP contribution in [0, 0.1) is 0 Å². The van der Waals surface area contributed by atoms with E-state index >= 15 is 0 Å². The smallest absolute Gasteiger partial charge is 0.307 e. The predicted octanol–water partition coefficient (Wildman–Crippen LogP) is 3.75. The maximum Gasteiger partial charge on any atom is 0.307 e. The Morgan fingerprint density at radius 1 is 0.971 bits per heavy atom. The molecule has 2 aromatic rings. The standard InChI is InChI=1S/C26H31NO7/c1-7-8-17-11-18(13-23(32-4)25(17)34-6)26(29)27-10-9-16-12-21(30-2)22(31-3)14-19(16)20(27)15-24(28)33-5/h7,11-14,20H,1,8-10,15H2,2-6H3. The van der Waals surface area contributed by atoms with Gasteiger partial charge in [-0.25, -0.2) is 0 Å². The highest BCUT2D eigenvalue weighted by Crippen LogP contribution is 2.41. The third-order valence-corrected chi connectivity index (χ3v) is 6.02. The van der Waals surface area contributed by atoms with Crippen molar-refractivity contribution in [3.63, 3.8) is 0 Å². The van der Waals surface area contributed by atoms with Gasteiger partial charge < -0.3 is 28.6 Å². The molecule has 0 N–H and O–H groups in total. The molecule has 182 valence electrons. The summed E-state index contributed by atoms with van der Waals surface area (Å²) in [7, 11) is 7.55. The Kier molecular flexibility index (Phi) is 8.04. The van der Waals surface area contributed by atoms with E-state index in [2.05, 4.69) is 6.58 Å². The SMILES string of the molecule is C=CCc1cc(C(=O)N2CCc3cc(OC)c(OC)cc3C2CC(=O)OC)cc(OC)c1OC. The van der Waals surface area contributed by atoms with Crippen LogP contribution in [0.15, 0.2) is 36.9 Å². The molecule has 34 heavy (non-hydrogen) atoms. The Morgan fingerprint density at radius 2 is 1.65 bits per heavy atom. The van der Waals surface area contributed by atoms with Gasteiger partial charge in [0.2, 0.25) is 0 Å². The highest BCUT2D eigenvalue weighted by molar-refractivity contribution is 5.96. The minimum atomic E-state index is -0.528. The van der Waals surface area contributed by atoms with E-state index in [1.165, 1.54) is 14.2 Å². The molecule has 2 aromatic carbocycles. The normalized spacial score (nSPS) is 14.6. The van der Waals surface area contributed by atoms with Gasteiger partial charge in [0.1, 0.15) is 0 Å². The fourth-order valence-electron chi connectivity index (χ4n) is 4.37. The number of hydrogen-bond donors (Lipinski definition) is 0. The fraction of sp³-hybridized carbons (Fsp3) is 0.385. The van der Waals surface area contributed by atoms with E-state index in [4.69, 9.17) is 23.7 Å². The number of methoxy groups -OCH3 is 5. The van der Waals surface area contributed by atoms with Crippen LogP contribution >= 0.6 is 0 Å². The molecule has 8 heteroatoms. The minimum Gasteiger partial charge on any atom is -0.493 e. The number of fused-ring (bicyclic) bond motifs is 1. The molecule has 0 bridgehead atoms. The first-order valence-corrected chi connectivity index (χ1v) is 10.9. The number of allylic oxidation sites excluding steroid dienone is 1. The van der Waals surface area contributed by atoms with E-state index in [0.29, 0.717) is 47.9 Å². The zero-order valence-electron chi connectivity index (χ0n) is 20.3. The van der Waals surface area contributed by atoms with Crippen LogP contribution in [0.4, 0.5) is 0 Å². The summed E-state index contributed by atoms with van der Waals surface area (Å²) in [5, 5.41) is 0. The lowest BCUT2D eigenvalue weighted by Gasteiger charge is -2.37. The lowest BCUT2D eigenvalue weighted by atomic mass is 9.89. The van der Waals surface area contributed by atoms with Gasteiger partial charge in [0.15, 0.2) is 23.0 Å². The summed E-state index contributed by atoms with van der Waals surface area (Å²) in [5.41, 5.74) is 3.05. The Balaban J connectivity index is 2.09. The van der Waals surface area contributed by atoms with Crippen LogP contribution in [0.25, 0.3) is 0 Å². The Morgan fingerprint density at radius 3 is 2.24 bits per heavy atom. The van der Waals surface area contributed by atoms with E-state index in [-0.39, 0.29) is 12.3 Å². The van der Waals surface area contributed by atoms with Crippen molar-refractivity contribution in [2.24, 2.45) is 0 Å². The van der Waals surface area contributed by atoms with Crippen LogP contribution in [0.3, 0.4) is 0 Å². The quantitative estimate of drug-likeness (QED) is 0.409. The van der Waals surface area contributed by atoms with E-state index < -0.39 is 12.0 Å². The van der Waals surface area contributed by atoms with Gasteiger partial charge in [0.25, 0.3) is 5.91 Å².